The molecule has 0 saturated carbocycles. The summed E-state index contributed by atoms with van der Waals surface area (Å²) in [6.45, 7) is 0. The third kappa shape index (κ3) is 1.78. The van der Waals surface area contributed by atoms with Crippen LogP contribution in [0.25, 0.3) is 0 Å². The molecule has 2 fully saturated rings. The number of anilines is 1. The summed E-state index contributed by atoms with van der Waals surface area (Å²) in [7, 11) is 0. The number of carboxylic acid groups (broad SMARTS) is 1. The molecule has 2 atom stereocenters. The standard InChI is InChI=1S/C13H10FNO5/c14-8-5-6(1-2-7(8)13(18)19)15-11(16)9-3-4-10(20-9)12(15)17/h1-2,5,9-10H,3-4H2,(H,18,19). The molecule has 1 N–H and O–H groups in total. The van der Waals surface area contributed by atoms with Crippen LogP contribution in [0, 0.1) is 5.82 Å². The van der Waals surface area contributed by atoms with Crippen molar-refractivity contribution in [2.75, 3.05) is 4.90 Å². The number of nitrogens with zero attached hydrogens (tertiary/aromatic N) is 1. The Morgan fingerprint density at radius 2 is 1.85 bits per heavy atom. The number of ether oxygens (including phenoxy) is 1. The SMILES string of the molecule is O=C(O)c1ccc(N2C(=O)C3CCC(O3)C2=O)cc1F. The zero-order valence-corrected chi connectivity index (χ0v) is 10.2. The van der Waals surface area contributed by atoms with Crippen molar-refractivity contribution >= 4 is 23.5 Å². The molecule has 7 heteroatoms. The average Bonchev–Trinajstić information content (AvgIpc) is 2.83. The van der Waals surface area contributed by atoms with E-state index < -0.39 is 41.4 Å². The number of rotatable bonds is 2. The maximum absolute atomic E-state index is 13.7. The molecule has 0 spiro atoms. The fourth-order valence-electron chi connectivity index (χ4n) is 2.47. The summed E-state index contributed by atoms with van der Waals surface area (Å²) >= 11 is 0. The molecule has 0 aliphatic carbocycles. The Hall–Kier alpha value is -2.28. The van der Waals surface area contributed by atoms with Crippen LogP contribution in [0.2, 0.25) is 0 Å². The number of halogens is 1. The Morgan fingerprint density at radius 1 is 1.25 bits per heavy atom. The Labute approximate surface area is 112 Å². The Bertz CT molecular complexity index is 607. The van der Waals surface area contributed by atoms with Gasteiger partial charge in [-0.05, 0) is 31.0 Å². The van der Waals surface area contributed by atoms with Crippen molar-refractivity contribution in [3.05, 3.63) is 29.6 Å². The first-order valence-electron chi connectivity index (χ1n) is 6.05. The highest BCUT2D eigenvalue weighted by Gasteiger charge is 2.47. The number of fused-ring (bicyclic) bond motifs is 2. The lowest BCUT2D eigenvalue weighted by atomic mass is 10.1. The van der Waals surface area contributed by atoms with Crippen molar-refractivity contribution in [1.29, 1.82) is 0 Å². The van der Waals surface area contributed by atoms with Crippen LogP contribution in [-0.2, 0) is 14.3 Å². The topological polar surface area (TPSA) is 83.9 Å². The summed E-state index contributed by atoms with van der Waals surface area (Å²) in [6, 6.07) is 3.15. The smallest absolute Gasteiger partial charge is 0.338 e. The van der Waals surface area contributed by atoms with Gasteiger partial charge in [-0.3, -0.25) is 9.59 Å². The number of carboxylic acids is 1. The zero-order valence-electron chi connectivity index (χ0n) is 10.2. The van der Waals surface area contributed by atoms with E-state index in [1.54, 1.807) is 0 Å². The molecule has 20 heavy (non-hydrogen) atoms. The van der Waals surface area contributed by atoms with Gasteiger partial charge in [0.2, 0.25) is 0 Å². The van der Waals surface area contributed by atoms with Crippen molar-refractivity contribution in [2.24, 2.45) is 0 Å². The largest absolute Gasteiger partial charge is 0.478 e. The van der Waals surface area contributed by atoms with Crippen LogP contribution < -0.4 is 4.90 Å². The molecule has 2 aliphatic heterocycles. The van der Waals surface area contributed by atoms with Gasteiger partial charge in [0, 0.05) is 0 Å². The van der Waals surface area contributed by atoms with Gasteiger partial charge in [-0.25, -0.2) is 14.1 Å². The van der Waals surface area contributed by atoms with Gasteiger partial charge in [-0.2, -0.15) is 0 Å². The maximum atomic E-state index is 13.7. The molecule has 2 heterocycles. The van der Waals surface area contributed by atoms with E-state index in [1.807, 2.05) is 0 Å². The molecule has 6 nitrogen and oxygen atoms in total. The molecular formula is C13H10FNO5. The average molecular weight is 279 g/mol. The lowest BCUT2D eigenvalue weighted by molar-refractivity contribution is -0.146. The fraction of sp³-hybridized carbons (Fsp3) is 0.308. The van der Waals surface area contributed by atoms with Gasteiger partial charge in [0.1, 0.15) is 18.0 Å². The van der Waals surface area contributed by atoms with E-state index in [2.05, 4.69) is 0 Å². The molecular weight excluding hydrogens is 269 g/mol. The minimum Gasteiger partial charge on any atom is -0.478 e. The third-order valence-corrected chi connectivity index (χ3v) is 3.45. The van der Waals surface area contributed by atoms with Gasteiger partial charge < -0.3 is 9.84 Å². The zero-order chi connectivity index (χ0) is 14.4. The number of aromatic carboxylic acids is 1. The molecule has 2 aliphatic rings. The third-order valence-electron chi connectivity index (χ3n) is 3.45. The molecule has 2 amide bonds. The fourth-order valence-corrected chi connectivity index (χ4v) is 2.47. The van der Waals surface area contributed by atoms with E-state index in [0.717, 1.165) is 17.0 Å². The van der Waals surface area contributed by atoms with Crippen LogP contribution in [0.15, 0.2) is 18.2 Å². The molecule has 2 bridgehead atoms. The molecule has 0 aromatic heterocycles. The number of hydrogen-bond donors (Lipinski definition) is 1. The predicted octanol–water partition coefficient (Wildman–Crippen LogP) is 0.945. The summed E-state index contributed by atoms with van der Waals surface area (Å²) in [4.78, 5) is 35.8. The number of amides is 2. The van der Waals surface area contributed by atoms with E-state index in [4.69, 9.17) is 9.84 Å². The van der Waals surface area contributed by atoms with Gasteiger partial charge in [0.15, 0.2) is 0 Å². The molecule has 3 rings (SSSR count). The van der Waals surface area contributed by atoms with Crippen LogP contribution in [0.4, 0.5) is 10.1 Å². The maximum Gasteiger partial charge on any atom is 0.338 e. The van der Waals surface area contributed by atoms with E-state index in [9.17, 15) is 18.8 Å². The van der Waals surface area contributed by atoms with Crippen LogP contribution >= 0.6 is 0 Å². The number of hydrogen-bond acceptors (Lipinski definition) is 4. The van der Waals surface area contributed by atoms with Crippen molar-refractivity contribution in [3.63, 3.8) is 0 Å². The summed E-state index contributed by atoms with van der Waals surface area (Å²) in [5.41, 5.74) is -0.479. The first-order valence-corrected chi connectivity index (χ1v) is 6.05. The van der Waals surface area contributed by atoms with Crippen LogP contribution in [0.3, 0.4) is 0 Å². The van der Waals surface area contributed by atoms with Crippen molar-refractivity contribution in [1.82, 2.24) is 0 Å². The summed E-state index contributed by atoms with van der Waals surface area (Å²) in [6.07, 6.45) is -0.442. The van der Waals surface area contributed by atoms with Crippen LogP contribution in [0.1, 0.15) is 23.2 Å². The van der Waals surface area contributed by atoms with Gasteiger partial charge >= 0.3 is 5.97 Å². The lowest BCUT2D eigenvalue weighted by Gasteiger charge is -2.29. The van der Waals surface area contributed by atoms with Gasteiger partial charge in [-0.1, -0.05) is 0 Å². The van der Waals surface area contributed by atoms with Crippen LogP contribution in [0.5, 0.6) is 0 Å². The highest BCUT2D eigenvalue weighted by atomic mass is 19.1. The van der Waals surface area contributed by atoms with Gasteiger partial charge in [-0.15, -0.1) is 0 Å². The minimum absolute atomic E-state index is 0.0303. The van der Waals surface area contributed by atoms with Crippen molar-refractivity contribution in [2.45, 2.75) is 25.0 Å². The minimum atomic E-state index is -1.41. The molecule has 0 radical (unpaired) electrons. The van der Waals surface area contributed by atoms with Crippen molar-refractivity contribution < 1.29 is 28.6 Å². The normalized spacial score (nSPS) is 25.1. The Kier molecular flexibility index (Phi) is 2.79. The van der Waals surface area contributed by atoms with Crippen LogP contribution in [-0.4, -0.2) is 35.1 Å². The number of imide groups is 1. The quantitative estimate of drug-likeness (QED) is 0.815. The van der Waals surface area contributed by atoms with Gasteiger partial charge in [0.25, 0.3) is 11.8 Å². The summed E-state index contributed by atoms with van der Waals surface area (Å²) in [5, 5.41) is 8.76. The molecule has 2 unspecified atom stereocenters. The molecule has 104 valence electrons. The monoisotopic (exact) mass is 279 g/mol. The highest BCUT2D eigenvalue weighted by molar-refractivity contribution is 6.19. The second-order valence-corrected chi connectivity index (χ2v) is 4.67. The van der Waals surface area contributed by atoms with E-state index in [1.165, 1.54) is 6.07 Å². The van der Waals surface area contributed by atoms with E-state index in [-0.39, 0.29) is 5.69 Å². The van der Waals surface area contributed by atoms with E-state index in [0.29, 0.717) is 12.8 Å². The lowest BCUT2D eigenvalue weighted by Crippen LogP contribution is -2.52. The molecule has 2 saturated heterocycles. The highest BCUT2D eigenvalue weighted by Crippen LogP contribution is 2.32. The number of carbonyl (C=O) groups is 3. The molecule has 1 aromatic rings. The summed E-state index contributed by atoms with van der Waals surface area (Å²) < 4.78 is 18.9. The first kappa shape index (κ1) is 12.7. The van der Waals surface area contributed by atoms with Crippen molar-refractivity contribution in [3.8, 4) is 0 Å². The van der Waals surface area contributed by atoms with Gasteiger partial charge in [0.05, 0.1) is 11.3 Å². The van der Waals surface area contributed by atoms with E-state index >= 15 is 0 Å². The first-order chi connectivity index (χ1) is 9.49. The predicted molar refractivity (Wildman–Crippen MR) is 63.7 cm³/mol. The number of morpholine rings is 1. The second-order valence-electron chi connectivity index (χ2n) is 4.67. The Balaban J connectivity index is 2.00. The Morgan fingerprint density at radius 3 is 2.35 bits per heavy atom. The number of benzene rings is 1. The second kappa shape index (κ2) is 4.38. The molecule has 1 aromatic carbocycles. The number of carbonyl (C=O) groups excluding carboxylic acids is 2. The summed E-state index contributed by atoms with van der Waals surface area (Å²) in [5.74, 6) is -3.47.